The Hall–Kier alpha value is -2.15. The van der Waals surface area contributed by atoms with E-state index in [2.05, 4.69) is 28.3 Å². The third-order valence-electron chi connectivity index (χ3n) is 4.55. The topological polar surface area (TPSA) is 75.2 Å². The number of nitrogens with zero attached hydrogens (tertiary/aromatic N) is 3. The maximum atomic E-state index is 11.8. The molecule has 1 atom stereocenters. The van der Waals surface area contributed by atoms with E-state index in [0.717, 1.165) is 12.1 Å². The molecule has 1 unspecified atom stereocenters. The first-order valence-corrected chi connectivity index (χ1v) is 10.5. The number of hydrogen-bond acceptors (Lipinski definition) is 6. The van der Waals surface area contributed by atoms with Crippen molar-refractivity contribution in [1.82, 2.24) is 9.97 Å². The molecule has 134 valence electrons. The first kappa shape index (κ1) is 17.7. The van der Waals surface area contributed by atoms with Gasteiger partial charge in [0.25, 0.3) is 0 Å². The molecule has 6 nitrogen and oxygen atoms in total. The average Bonchev–Trinajstić information content (AvgIpc) is 2.96. The zero-order valence-electron chi connectivity index (χ0n) is 14.6. The molecule has 1 aromatic carbocycles. The van der Waals surface area contributed by atoms with Crippen molar-refractivity contribution in [3.05, 3.63) is 42.1 Å². The smallest absolute Gasteiger partial charge is 0.227 e. The monoisotopic (exact) mass is 360 g/mol. The van der Waals surface area contributed by atoms with Gasteiger partial charge >= 0.3 is 0 Å². The van der Waals surface area contributed by atoms with Crippen LogP contribution in [-0.4, -0.2) is 42.5 Å². The summed E-state index contributed by atoms with van der Waals surface area (Å²) in [4.78, 5) is 11.0. The molecule has 0 bridgehead atoms. The van der Waals surface area contributed by atoms with Crippen LogP contribution in [-0.2, 0) is 16.3 Å². The fraction of sp³-hybridized carbons (Fsp3) is 0.444. The molecule has 0 spiro atoms. The Morgan fingerprint density at radius 2 is 2.04 bits per heavy atom. The Morgan fingerprint density at radius 1 is 1.24 bits per heavy atom. The molecule has 3 rings (SSSR count). The van der Waals surface area contributed by atoms with Crippen molar-refractivity contribution >= 4 is 27.3 Å². The van der Waals surface area contributed by atoms with Gasteiger partial charge in [-0.15, -0.1) is 0 Å². The van der Waals surface area contributed by atoms with Crippen molar-refractivity contribution in [1.29, 1.82) is 0 Å². The van der Waals surface area contributed by atoms with Gasteiger partial charge < -0.3 is 10.2 Å². The van der Waals surface area contributed by atoms with Gasteiger partial charge in [-0.2, -0.15) is 4.98 Å². The first-order chi connectivity index (χ1) is 12.0. The summed E-state index contributed by atoms with van der Waals surface area (Å²) in [5.41, 5.74) is 2.25. The molecule has 0 aliphatic carbocycles. The molecule has 1 aromatic heterocycles. The standard InChI is InChI=1S/C18H24N4O2S/c1-3-14-7-5-6-8-16(14)20-17-9-11-19-18(21-17)22(4-2)15-10-12-25(23,24)13-15/h5-9,11,15H,3-4,10,12-13H2,1-2H3,(H,19,20,21). The number of nitrogens with one attached hydrogen (secondary N) is 1. The minimum Gasteiger partial charge on any atom is -0.340 e. The number of rotatable bonds is 6. The highest BCUT2D eigenvalue weighted by atomic mass is 32.2. The SMILES string of the molecule is CCc1ccccc1Nc1ccnc(N(CC)C2CCS(=O)(=O)C2)n1. The Bertz CT molecular complexity index is 838. The highest BCUT2D eigenvalue weighted by molar-refractivity contribution is 7.91. The van der Waals surface area contributed by atoms with Crippen molar-refractivity contribution in [3.63, 3.8) is 0 Å². The fourth-order valence-electron chi connectivity index (χ4n) is 3.23. The second-order valence-corrected chi connectivity index (χ2v) is 8.45. The molecule has 0 amide bonds. The van der Waals surface area contributed by atoms with Crippen LogP contribution >= 0.6 is 0 Å². The van der Waals surface area contributed by atoms with E-state index in [4.69, 9.17) is 0 Å². The number of aromatic nitrogens is 2. The van der Waals surface area contributed by atoms with Crippen LogP contribution in [0.1, 0.15) is 25.8 Å². The lowest BCUT2D eigenvalue weighted by Gasteiger charge is -2.27. The predicted molar refractivity (Wildman–Crippen MR) is 101 cm³/mol. The second kappa shape index (κ2) is 7.39. The quantitative estimate of drug-likeness (QED) is 0.854. The molecule has 1 N–H and O–H groups in total. The van der Waals surface area contributed by atoms with Gasteiger partial charge in [-0.25, -0.2) is 13.4 Å². The number of hydrogen-bond donors (Lipinski definition) is 1. The molecular weight excluding hydrogens is 336 g/mol. The van der Waals surface area contributed by atoms with Crippen LogP contribution in [0.15, 0.2) is 36.5 Å². The highest BCUT2D eigenvalue weighted by Crippen LogP contribution is 2.24. The van der Waals surface area contributed by atoms with Crippen LogP contribution in [0.25, 0.3) is 0 Å². The predicted octanol–water partition coefficient (Wildman–Crippen LogP) is 2.80. The molecule has 1 fully saturated rings. The lowest BCUT2D eigenvalue weighted by atomic mass is 10.1. The Morgan fingerprint density at radius 3 is 2.72 bits per heavy atom. The summed E-state index contributed by atoms with van der Waals surface area (Å²) in [6.07, 6.45) is 3.28. The number of anilines is 3. The van der Waals surface area contributed by atoms with Gasteiger partial charge in [-0.3, -0.25) is 0 Å². The molecule has 2 heterocycles. The maximum absolute atomic E-state index is 11.8. The van der Waals surface area contributed by atoms with Crippen LogP contribution in [0.4, 0.5) is 17.5 Å². The summed E-state index contributed by atoms with van der Waals surface area (Å²) in [7, 11) is -2.94. The van der Waals surface area contributed by atoms with Gasteiger partial charge in [-0.1, -0.05) is 25.1 Å². The van der Waals surface area contributed by atoms with Gasteiger partial charge in [0.05, 0.1) is 11.5 Å². The maximum Gasteiger partial charge on any atom is 0.227 e. The van der Waals surface area contributed by atoms with Gasteiger partial charge in [0.2, 0.25) is 5.95 Å². The van der Waals surface area contributed by atoms with E-state index in [1.165, 1.54) is 5.56 Å². The zero-order valence-corrected chi connectivity index (χ0v) is 15.5. The number of aryl methyl sites for hydroxylation is 1. The van der Waals surface area contributed by atoms with Crippen LogP contribution < -0.4 is 10.2 Å². The van der Waals surface area contributed by atoms with E-state index in [9.17, 15) is 8.42 Å². The summed E-state index contributed by atoms with van der Waals surface area (Å²) in [6.45, 7) is 4.79. The molecule has 1 aliphatic rings. The molecule has 25 heavy (non-hydrogen) atoms. The number of para-hydroxylation sites is 1. The molecule has 1 saturated heterocycles. The third kappa shape index (κ3) is 4.10. The summed E-state index contributed by atoms with van der Waals surface area (Å²) in [5, 5.41) is 3.35. The normalized spacial score (nSPS) is 18.9. The average molecular weight is 360 g/mol. The molecule has 0 saturated carbocycles. The summed E-state index contributed by atoms with van der Waals surface area (Å²) >= 11 is 0. The van der Waals surface area contributed by atoms with E-state index in [1.807, 2.05) is 36.1 Å². The van der Waals surface area contributed by atoms with Crippen molar-refractivity contribution in [2.75, 3.05) is 28.3 Å². The summed E-state index contributed by atoms with van der Waals surface area (Å²) < 4.78 is 23.6. The molecule has 0 radical (unpaired) electrons. The Labute approximate surface area is 149 Å². The largest absolute Gasteiger partial charge is 0.340 e. The Kier molecular flexibility index (Phi) is 5.22. The number of sulfone groups is 1. The van der Waals surface area contributed by atoms with E-state index in [-0.39, 0.29) is 17.5 Å². The summed E-state index contributed by atoms with van der Waals surface area (Å²) in [6, 6.07) is 9.91. The Balaban J connectivity index is 1.83. The summed E-state index contributed by atoms with van der Waals surface area (Å²) in [5.74, 6) is 1.71. The van der Waals surface area contributed by atoms with Crippen molar-refractivity contribution < 1.29 is 8.42 Å². The molecular formula is C18H24N4O2S. The third-order valence-corrected chi connectivity index (χ3v) is 6.30. The van der Waals surface area contributed by atoms with Crippen LogP contribution in [0, 0.1) is 0 Å². The minimum absolute atomic E-state index is 0.0480. The second-order valence-electron chi connectivity index (χ2n) is 6.22. The van der Waals surface area contributed by atoms with Crippen LogP contribution in [0.3, 0.4) is 0 Å². The van der Waals surface area contributed by atoms with E-state index in [1.54, 1.807) is 6.20 Å². The van der Waals surface area contributed by atoms with Crippen LogP contribution in [0.5, 0.6) is 0 Å². The van der Waals surface area contributed by atoms with E-state index < -0.39 is 9.84 Å². The first-order valence-electron chi connectivity index (χ1n) is 8.67. The molecule has 1 aliphatic heterocycles. The van der Waals surface area contributed by atoms with Gasteiger partial charge in [0.1, 0.15) is 5.82 Å². The number of benzene rings is 1. The van der Waals surface area contributed by atoms with Crippen molar-refractivity contribution in [3.8, 4) is 0 Å². The highest BCUT2D eigenvalue weighted by Gasteiger charge is 2.32. The van der Waals surface area contributed by atoms with Gasteiger partial charge in [0, 0.05) is 24.5 Å². The van der Waals surface area contributed by atoms with Crippen molar-refractivity contribution in [2.24, 2.45) is 0 Å². The van der Waals surface area contributed by atoms with E-state index >= 15 is 0 Å². The lowest BCUT2D eigenvalue weighted by molar-refractivity contribution is 0.599. The minimum atomic E-state index is -2.94. The van der Waals surface area contributed by atoms with Gasteiger partial charge in [-0.05, 0) is 37.5 Å². The lowest BCUT2D eigenvalue weighted by Crippen LogP contribution is -2.37. The van der Waals surface area contributed by atoms with Gasteiger partial charge in [0.15, 0.2) is 9.84 Å². The molecule has 7 heteroatoms. The fourth-order valence-corrected chi connectivity index (χ4v) is 4.96. The molecule has 2 aromatic rings. The van der Waals surface area contributed by atoms with Crippen LogP contribution in [0.2, 0.25) is 0 Å². The van der Waals surface area contributed by atoms with E-state index in [0.29, 0.717) is 24.7 Å². The zero-order chi connectivity index (χ0) is 17.9. The van der Waals surface area contributed by atoms with Crippen molar-refractivity contribution in [2.45, 2.75) is 32.7 Å².